The number of carboxylic acid groups (broad SMARTS) is 2. The predicted molar refractivity (Wildman–Crippen MR) is 106 cm³/mol. The normalized spacial score (nSPS) is 16.1. The molecule has 1 atom stereocenters. The lowest BCUT2D eigenvalue weighted by molar-refractivity contribution is -0.143. The van der Waals surface area contributed by atoms with Crippen LogP contribution in [0.5, 0.6) is 0 Å². The van der Waals surface area contributed by atoms with Gasteiger partial charge in [0.25, 0.3) is 0 Å². The number of hydrogen-bond donors (Lipinski definition) is 2. The minimum absolute atomic E-state index is 0.216. The average molecular weight is 395 g/mol. The summed E-state index contributed by atoms with van der Waals surface area (Å²) in [6.07, 6.45) is 5.03. The molecule has 29 heavy (non-hydrogen) atoms. The number of carbonyl (C=O) groups is 2. The van der Waals surface area contributed by atoms with Gasteiger partial charge >= 0.3 is 11.9 Å². The zero-order valence-corrected chi connectivity index (χ0v) is 15.7. The molecule has 150 valence electrons. The highest BCUT2D eigenvalue weighted by atomic mass is 16.4. The van der Waals surface area contributed by atoms with Gasteiger partial charge < -0.3 is 19.7 Å². The molecule has 2 aromatic heterocycles. The summed E-state index contributed by atoms with van der Waals surface area (Å²) in [5.41, 5.74) is 1.33. The Morgan fingerprint density at radius 1 is 1.00 bits per heavy atom. The number of piperazine rings is 1. The van der Waals surface area contributed by atoms with Crippen LogP contribution in [0, 0.1) is 0 Å². The molecule has 0 spiro atoms. The van der Waals surface area contributed by atoms with Gasteiger partial charge in [0.1, 0.15) is 12.6 Å². The number of benzene rings is 1. The molecular formula is C20H21N5O4. The van der Waals surface area contributed by atoms with Crippen molar-refractivity contribution in [3.8, 4) is 0 Å². The first-order valence-electron chi connectivity index (χ1n) is 9.33. The van der Waals surface area contributed by atoms with Crippen LogP contribution in [0.1, 0.15) is 11.6 Å². The molecule has 1 fully saturated rings. The lowest BCUT2D eigenvalue weighted by Crippen LogP contribution is -2.49. The maximum Gasteiger partial charge on any atom is 0.325 e. The number of fused-ring (bicyclic) bond motifs is 1. The molecule has 4 rings (SSSR count). The first-order chi connectivity index (χ1) is 14.0. The molecule has 1 saturated heterocycles. The largest absolute Gasteiger partial charge is 0.480 e. The van der Waals surface area contributed by atoms with Crippen molar-refractivity contribution < 1.29 is 19.8 Å². The van der Waals surface area contributed by atoms with Crippen molar-refractivity contribution in [2.75, 3.05) is 31.1 Å². The van der Waals surface area contributed by atoms with E-state index in [1.807, 2.05) is 34.1 Å². The smallest absolute Gasteiger partial charge is 0.325 e. The topological polar surface area (TPSA) is 112 Å². The van der Waals surface area contributed by atoms with Crippen LogP contribution in [-0.2, 0) is 16.1 Å². The van der Waals surface area contributed by atoms with Crippen LogP contribution in [0.15, 0.2) is 48.9 Å². The fourth-order valence-electron chi connectivity index (χ4n) is 3.89. The standard InChI is InChI=1S/C20H21N5O4/c26-17(27)13-25-12-15(14-4-1-2-5-16(14)25)18(19(28)29)23-8-10-24(11-9-23)20-21-6-3-7-22-20/h1-7,12,18H,8-11,13H2,(H,26,27)(H,28,29)/t18-/m0/s1. The summed E-state index contributed by atoms with van der Waals surface area (Å²) in [7, 11) is 0. The molecule has 0 aliphatic carbocycles. The summed E-state index contributed by atoms with van der Waals surface area (Å²) in [4.78, 5) is 35.9. The quantitative estimate of drug-likeness (QED) is 0.645. The molecule has 9 heteroatoms. The van der Waals surface area contributed by atoms with Crippen molar-refractivity contribution in [2.45, 2.75) is 12.6 Å². The second kappa shape index (κ2) is 7.88. The Bertz CT molecular complexity index is 1030. The fourth-order valence-corrected chi connectivity index (χ4v) is 3.89. The third-order valence-electron chi connectivity index (χ3n) is 5.17. The van der Waals surface area contributed by atoms with Gasteiger partial charge in [-0.05, 0) is 12.1 Å². The van der Waals surface area contributed by atoms with E-state index in [9.17, 15) is 19.8 Å². The Hall–Kier alpha value is -3.46. The summed E-state index contributed by atoms with van der Waals surface area (Å²) in [5.74, 6) is -1.29. The van der Waals surface area contributed by atoms with Crippen LogP contribution in [0.3, 0.4) is 0 Å². The van der Waals surface area contributed by atoms with Gasteiger partial charge in [-0.15, -0.1) is 0 Å². The predicted octanol–water partition coefficient (Wildman–Crippen LogP) is 1.46. The van der Waals surface area contributed by atoms with Gasteiger partial charge in [0.2, 0.25) is 5.95 Å². The Labute approximate surface area is 166 Å². The summed E-state index contributed by atoms with van der Waals surface area (Å²) in [6.45, 7) is 2.08. The molecule has 1 aromatic carbocycles. The number of aromatic nitrogens is 3. The van der Waals surface area contributed by atoms with Gasteiger partial charge in [0.05, 0.1) is 0 Å². The molecule has 0 bridgehead atoms. The maximum absolute atomic E-state index is 12.2. The summed E-state index contributed by atoms with van der Waals surface area (Å²) in [6, 6.07) is 8.21. The van der Waals surface area contributed by atoms with Crippen molar-refractivity contribution in [2.24, 2.45) is 0 Å². The molecular weight excluding hydrogens is 374 g/mol. The SMILES string of the molecule is O=C(O)Cn1cc([C@@H](C(=O)O)N2CCN(c3ncccn3)CC2)c2ccccc21. The van der Waals surface area contributed by atoms with Crippen molar-refractivity contribution >= 4 is 28.8 Å². The summed E-state index contributed by atoms with van der Waals surface area (Å²) in [5, 5.41) is 20.0. The van der Waals surface area contributed by atoms with E-state index >= 15 is 0 Å². The van der Waals surface area contributed by atoms with Gasteiger partial charge in [-0.25, -0.2) is 9.97 Å². The molecule has 3 aromatic rings. The minimum Gasteiger partial charge on any atom is -0.480 e. The molecule has 2 N–H and O–H groups in total. The summed E-state index contributed by atoms with van der Waals surface area (Å²) >= 11 is 0. The van der Waals surface area contributed by atoms with E-state index < -0.39 is 18.0 Å². The number of hydrogen-bond acceptors (Lipinski definition) is 6. The first kappa shape index (κ1) is 18.9. The number of nitrogens with zero attached hydrogens (tertiary/aromatic N) is 5. The molecule has 9 nitrogen and oxygen atoms in total. The van der Waals surface area contributed by atoms with Crippen LogP contribution in [-0.4, -0.2) is 67.8 Å². The zero-order valence-electron chi connectivity index (χ0n) is 15.7. The second-order valence-electron chi connectivity index (χ2n) is 6.94. The molecule has 0 amide bonds. The average Bonchev–Trinajstić information content (AvgIpc) is 3.07. The maximum atomic E-state index is 12.2. The van der Waals surface area contributed by atoms with E-state index in [2.05, 4.69) is 9.97 Å². The monoisotopic (exact) mass is 395 g/mol. The number of carboxylic acids is 2. The molecule has 0 unspecified atom stereocenters. The fraction of sp³-hybridized carbons (Fsp3) is 0.300. The van der Waals surface area contributed by atoms with E-state index in [-0.39, 0.29) is 6.54 Å². The van der Waals surface area contributed by atoms with Gasteiger partial charge in [-0.2, -0.15) is 0 Å². The highest BCUT2D eigenvalue weighted by Crippen LogP contribution is 2.31. The van der Waals surface area contributed by atoms with Crippen LogP contribution < -0.4 is 4.90 Å². The Morgan fingerprint density at radius 2 is 1.69 bits per heavy atom. The van der Waals surface area contributed by atoms with Gasteiger partial charge in [0.15, 0.2) is 0 Å². The highest BCUT2D eigenvalue weighted by Gasteiger charge is 2.33. The van der Waals surface area contributed by atoms with Crippen LogP contribution >= 0.6 is 0 Å². The van der Waals surface area contributed by atoms with E-state index in [4.69, 9.17) is 0 Å². The van der Waals surface area contributed by atoms with Gasteiger partial charge in [0, 0.05) is 61.2 Å². The van der Waals surface area contributed by atoms with Crippen molar-refractivity contribution in [3.63, 3.8) is 0 Å². The lowest BCUT2D eigenvalue weighted by atomic mass is 10.0. The van der Waals surface area contributed by atoms with Gasteiger partial charge in [-0.1, -0.05) is 18.2 Å². The van der Waals surface area contributed by atoms with E-state index in [0.29, 0.717) is 43.2 Å². The molecule has 0 radical (unpaired) electrons. The lowest BCUT2D eigenvalue weighted by Gasteiger charge is -2.37. The molecule has 1 aliphatic heterocycles. The van der Waals surface area contributed by atoms with E-state index in [1.165, 1.54) is 0 Å². The zero-order chi connectivity index (χ0) is 20.4. The second-order valence-corrected chi connectivity index (χ2v) is 6.94. The molecule has 3 heterocycles. The first-order valence-corrected chi connectivity index (χ1v) is 9.33. The third kappa shape index (κ3) is 3.77. The number of anilines is 1. The number of aliphatic carboxylic acids is 2. The van der Waals surface area contributed by atoms with Crippen LogP contribution in [0.25, 0.3) is 10.9 Å². The molecule has 0 saturated carbocycles. The minimum atomic E-state index is -0.972. The Kier molecular flexibility index (Phi) is 5.13. The van der Waals surface area contributed by atoms with Crippen molar-refractivity contribution in [3.05, 3.63) is 54.5 Å². The number of rotatable bonds is 6. The van der Waals surface area contributed by atoms with Crippen LogP contribution in [0.4, 0.5) is 5.95 Å². The Morgan fingerprint density at radius 3 is 2.34 bits per heavy atom. The van der Waals surface area contributed by atoms with E-state index in [1.54, 1.807) is 29.2 Å². The molecule has 1 aliphatic rings. The Balaban J connectivity index is 1.62. The third-order valence-corrected chi connectivity index (χ3v) is 5.17. The van der Waals surface area contributed by atoms with Gasteiger partial charge in [-0.3, -0.25) is 14.5 Å². The van der Waals surface area contributed by atoms with Crippen LogP contribution in [0.2, 0.25) is 0 Å². The van der Waals surface area contributed by atoms with Crippen molar-refractivity contribution in [1.82, 2.24) is 19.4 Å². The van der Waals surface area contributed by atoms with E-state index in [0.717, 1.165) is 5.39 Å². The van der Waals surface area contributed by atoms with Crippen molar-refractivity contribution in [1.29, 1.82) is 0 Å². The number of para-hydroxylation sites is 1. The highest BCUT2D eigenvalue weighted by molar-refractivity contribution is 5.90. The summed E-state index contributed by atoms with van der Waals surface area (Å²) < 4.78 is 1.59.